The minimum Gasteiger partial charge on any atom is -0.309 e. The van der Waals surface area contributed by atoms with Gasteiger partial charge in [-0.05, 0) is 36.2 Å². The highest BCUT2D eigenvalue weighted by atomic mass is 35.5. The summed E-state index contributed by atoms with van der Waals surface area (Å²) >= 11 is 6.11. The van der Waals surface area contributed by atoms with Crippen LogP contribution in [0.3, 0.4) is 0 Å². The van der Waals surface area contributed by atoms with E-state index in [1.54, 1.807) is 55.7 Å². The summed E-state index contributed by atoms with van der Waals surface area (Å²) < 4.78 is 0. The fraction of sp³-hybridized carbons (Fsp3) is 0.136. The number of hydrogen-bond donors (Lipinski definition) is 0. The van der Waals surface area contributed by atoms with Gasteiger partial charge in [-0.15, -0.1) is 0 Å². The molecule has 0 N–H and O–H groups in total. The van der Waals surface area contributed by atoms with E-state index in [0.717, 1.165) is 0 Å². The molecule has 0 radical (unpaired) electrons. The number of non-ortho nitro benzene ring substituents is 1. The third-order valence-corrected chi connectivity index (χ3v) is 5.19. The minimum absolute atomic E-state index is 0.0153. The monoisotopic (exact) mass is 435 g/mol. The molecule has 156 valence electrons. The Hall–Kier alpha value is -3.78. The van der Waals surface area contributed by atoms with E-state index in [1.165, 1.54) is 17.0 Å². The summed E-state index contributed by atoms with van der Waals surface area (Å²) in [6.07, 6.45) is 5.16. The number of pyridine rings is 2. The van der Waals surface area contributed by atoms with Crippen molar-refractivity contribution >= 4 is 52.7 Å². The molecule has 9 heteroatoms. The fourth-order valence-corrected chi connectivity index (χ4v) is 3.58. The number of carbonyl (C=O) groups is 1. The Bertz CT molecular complexity index is 1230. The minimum atomic E-state index is -0.437. The lowest BCUT2D eigenvalue weighted by molar-refractivity contribution is -0.384. The maximum Gasteiger partial charge on any atom is 0.270 e. The van der Waals surface area contributed by atoms with Gasteiger partial charge in [0.25, 0.3) is 11.6 Å². The van der Waals surface area contributed by atoms with Crippen molar-refractivity contribution in [3.63, 3.8) is 0 Å². The maximum absolute atomic E-state index is 13.2. The Morgan fingerprint density at radius 1 is 1.13 bits per heavy atom. The first-order valence-corrected chi connectivity index (χ1v) is 9.91. The van der Waals surface area contributed by atoms with Gasteiger partial charge in [0, 0.05) is 31.9 Å². The van der Waals surface area contributed by atoms with Crippen LogP contribution in [0.25, 0.3) is 12.2 Å². The van der Waals surface area contributed by atoms with Gasteiger partial charge in [0.2, 0.25) is 0 Å². The van der Waals surface area contributed by atoms with E-state index < -0.39 is 4.92 Å². The molecule has 4 rings (SSSR count). The number of halogens is 1. The maximum atomic E-state index is 13.2. The number of fused-ring (bicyclic) bond motifs is 2. The van der Waals surface area contributed by atoms with Crippen molar-refractivity contribution < 1.29 is 9.72 Å². The molecule has 1 aromatic carbocycles. The van der Waals surface area contributed by atoms with Crippen molar-refractivity contribution in [1.29, 1.82) is 0 Å². The summed E-state index contributed by atoms with van der Waals surface area (Å²) in [5, 5.41) is 11.3. The molecule has 2 aromatic heterocycles. The molecule has 3 heterocycles. The summed E-state index contributed by atoms with van der Waals surface area (Å²) in [4.78, 5) is 36.1. The summed E-state index contributed by atoms with van der Waals surface area (Å²) in [7, 11) is 1.69. The molecule has 3 aromatic rings. The summed E-state index contributed by atoms with van der Waals surface area (Å²) in [6.45, 7) is 2.49. The number of benzene rings is 1. The third-order valence-electron chi connectivity index (χ3n) is 4.98. The van der Waals surface area contributed by atoms with Gasteiger partial charge >= 0.3 is 0 Å². The van der Waals surface area contributed by atoms with Gasteiger partial charge in [-0.25, -0.2) is 9.97 Å². The molecule has 1 aliphatic rings. The molecule has 8 nitrogen and oxygen atoms in total. The smallest absolute Gasteiger partial charge is 0.270 e. The Morgan fingerprint density at radius 2 is 1.90 bits per heavy atom. The van der Waals surface area contributed by atoms with Crippen molar-refractivity contribution in [3.8, 4) is 0 Å². The number of anilines is 3. The van der Waals surface area contributed by atoms with Crippen LogP contribution in [0, 0.1) is 10.1 Å². The first-order chi connectivity index (χ1) is 14.9. The van der Waals surface area contributed by atoms with E-state index in [0.29, 0.717) is 45.7 Å². The molecule has 0 atom stereocenters. The van der Waals surface area contributed by atoms with Crippen molar-refractivity contribution in [3.05, 3.63) is 80.6 Å². The highest BCUT2D eigenvalue weighted by Gasteiger charge is 2.30. The summed E-state index contributed by atoms with van der Waals surface area (Å²) in [5.74, 6) is 0.853. The van der Waals surface area contributed by atoms with Crippen LogP contribution >= 0.6 is 11.6 Å². The molecular formula is C22H18ClN5O3. The molecule has 0 unspecified atom stereocenters. The number of aromatic nitrogens is 2. The van der Waals surface area contributed by atoms with Gasteiger partial charge in [0.05, 0.1) is 16.2 Å². The summed E-state index contributed by atoms with van der Waals surface area (Å²) in [6, 6.07) is 11.5. The molecule has 0 saturated carbocycles. The average molecular weight is 436 g/mol. The van der Waals surface area contributed by atoms with E-state index in [2.05, 4.69) is 9.97 Å². The zero-order valence-electron chi connectivity index (χ0n) is 16.8. The number of hydrogen-bond acceptors (Lipinski definition) is 6. The molecule has 0 bridgehead atoms. The van der Waals surface area contributed by atoms with E-state index >= 15 is 0 Å². The molecule has 0 saturated heterocycles. The number of nitro benzene ring substituents is 1. The highest BCUT2D eigenvalue weighted by Crippen LogP contribution is 2.38. The van der Waals surface area contributed by atoms with Crippen LogP contribution in [0.2, 0.25) is 5.15 Å². The van der Waals surface area contributed by atoms with Crippen LogP contribution in [-0.4, -0.2) is 34.4 Å². The Labute approximate surface area is 183 Å². The predicted molar refractivity (Wildman–Crippen MR) is 121 cm³/mol. The predicted octanol–water partition coefficient (Wildman–Crippen LogP) is 4.96. The number of rotatable bonds is 4. The van der Waals surface area contributed by atoms with Gasteiger partial charge < -0.3 is 9.80 Å². The second-order valence-corrected chi connectivity index (χ2v) is 7.30. The van der Waals surface area contributed by atoms with Crippen molar-refractivity contribution in [2.45, 2.75) is 6.92 Å². The number of nitro groups is 1. The Balaban J connectivity index is 1.75. The van der Waals surface area contributed by atoms with Gasteiger partial charge in [-0.1, -0.05) is 35.9 Å². The van der Waals surface area contributed by atoms with Crippen molar-refractivity contribution in [2.24, 2.45) is 0 Å². The van der Waals surface area contributed by atoms with Crippen LogP contribution in [-0.2, 0) is 0 Å². The lowest BCUT2D eigenvalue weighted by Gasteiger charge is -2.22. The normalized spacial score (nSPS) is 13.2. The molecule has 1 aliphatic heterocycles. The van der Waals surface area contributed by atoms with E-state index in [4.69, 9.17) is 11.6 Å². The number of nitrogens with zero attached hydrogens (tertiary/aromatic N) is 5. The van der Waals surface area contributed by atoms with Crippen LogP contribution in [0.4, 0.5) is 23.0 Å². The van der Waals surface area contributed by atoms with E-state index in [9.17, 15) is 14.9 Å². The van der Waals surface area contributed by atoms with E-state index in [1.807, 2.05) is 11.8 Å². The zero-order valence-corrected chi connectivity index (χ0v) is 17.6. The van der Waals surface area contributed by atoms with Gasteiger partial charge in [-0.3, -0.25) is 14.9 Å². The summed E-state index contributed by atoms with van der Waals surface area (Å²) in [5.41, 5.74) is 2.46. The lowest BCUT2D eigenvalue weighted by atomic mass is 10.1. The number of carbonyl (C=O) groups excluding carboxylic acids is 1. The van der Waals surface area contributed by atoms with Crippen LogP contribution in [0.15, 0.2) is 48.7 Å². The Morgan fingerprint density at radius 3 is 2.65 bits per heavy atom. The number of amides is 1. The van der Waals surface area contributed by atoms with Crippen molar-refractivity contribution in [1.82, 2.24) is 9.97 Å². The third kappa shape index (κ3) is 3.85. The molecular weight excluding hydrogens is 418 g/mol. The molecule has 1 amide bonds. The zero-order chi connectivity index (χ0) is 22.1. The first kappa shape index (κ1) is 20.5. The first-order valence-electron chi connectivity index (χ1n) is 9.53. The van der Waals surface area contributed by atoms with Crippen molar-refractivity contribution in [2.75, 3.05) is 23.4 Å². The molecule has 0 fully saturated rings. The largest absolute Gasteiger partial charge is 0.309 e. The van der Waals surface area contributed by atoms with Crippen LogP contribution in [0.1, 0.15) is 28.4 Å². The average Bonchev–Trinajstić information content (AvgIpc) is 2.85. The van der Waals surface area contributed by atoms with Gasteiger partial charge in [-0.2, -0.15) is 0 Å². The van der Waals surface area contributed by atoms with Crippen LogP contribution in [0.5, 0.6) is 0 Å². The molecule has 0 spiro atoms. The van der Waals surface area contributed by atoms with Gasteiger partial charge in [0.1, 0.15) is 11.0 Å². The Kier molecular flexibility index (Phi) is 5.39. The SMILES string of the molecule is CCN1c2ncc(C=Cc3cccc([N+](=O)[O-])c3)cc2C(=O)N(C)c2ccc(Cl)nc21. The van der Waals surface area contributed by atoms with Crippen LogP contribution < -0.4 is 9.80 Å². The lowest BCUT2D eigenvalue weighted by Crippen LogP contribution is -2.25. The van der Waals surface area contributed by atoms with Gasteiger partial charge in [0.15, 0.2) is 5.82 Å². The fourth-order valence-electron chi connectivity index (χ4n) is 3.44. The highest BCUT2D eigenvalue weighted by molar-refractivity contribution is 6.29. The molecule has 31 heavy (non-hydrogen) atoms. The topological polar surface area (TPSA) is 92.5 Å². The second-order valence-electron chi connectivity index (χ2n) is 6.91. The van der Waals surface area contributed by atoms with E-state index in [-0.39, 0.29) is 11.6 Å². The second kappa shape index (κ2) is 8.16. The standard InChI is InChI=1S/C22H18ClN5O3/c1-3-27-20-17(22(29)26(2)18-9-10-19(23)25-21(18)27)12-15(13-24-20)8-7-14-5-4-6-16(11-14)28(30)31/h4-13H,3H2,1-2H3. The molecule has 0 aliphatic carbocycles. The quantitative estimate of drug-likeness (QED) is 0.327.